The Morgan fingerprint density at radius 2 is 1.11 bits per heavy atom. The first-order valence-corrected chi connectivity index (χ1v) is 17.8. The molecular weight excluding hydrogens is 649 g/mol. The van der Waals surface area contributed by atoms with E-state index in [1.807, 2.05) is 72.8 Å². The SMILES string of the molecule is C=Cc1c(/C=C\C)c2ccc3c4ccccc4c4c5ccccc5oc4c3c2n1-c1cccc(-c2nc(-c3ccccc3)nc(-c3ccccc3)n2)c1. The predicted octanol–water partition coefficient (Wildman–Crippen LogP) is 12.7. The van der Waals surface area contributed by atoms with Crippen molar-refractivity contribution in [1.29, 1.82) is 0 Å². The second-order valence-electron chi connectivity index (χ2n) is 13.2. The Labute approximate surface area is 305 Å². The molecule has 10 aromatic rings. The highest BCUT2D eigenvalue weighted by atomic mass is 16.3. The van der Waals surface area contributed by atoms with Gasteiger partial charge in [0.2, 0.25) is 0 Å². The number of aromatic nitrogens is 4. The summed E-state index contributed by atoms with van der Waals surface area (Å²) in [5.74, 6) is 1.84. The second kappa shape index (κ2) is 12.3. The Morgan fingerprint density at radius 3 is 1.79 bits per heavy atom. The first-order valence-electron chi connectivity index (χ1n) is 17.8. The second-order valence-corrected chi connectivity index (χ2v) is 13.2. The van der Waals surface area contributed by atoms with Crippen LogP contribution in [0.25, 0.3) is 106 Å². The zero-order chi connectivity index (χ0) is 35.5. The van der Waals surface area contributed by atoms with Gasteiger partial charge in [-0.25, -0.2) is 15.0 Å². The van der Waals surface area contributed by atoms with Gasteiger partial charge >= 0.3 is 0 Å². The van der Waals surface area contributed by atoms with E-state index in [2.05, 4.69) is 109 Å². The molecule has 0 saturated heterocycles. The summed E-state index contributed by atoms with van der Waals surface area (Å²) in [7, 11) is 0. The molecule has 0 bridgehead atoms. The lowest BCUT2D eigenvalue weighted by Gasteiger charge is -2.14. The minimum Gasteiger partial charge on any atom is -0.455 e. The predicted molar refractivity (Wildman–Crippen MR) is 220 cm³/mol. The van der Waals surface area contributed by atoms with Crippen molar-refractivity contribution in [3.8, 4) is 39.9 Å². The minimum atomic E-state index is 0.598. The van der Waals surface area contributed by atoms with Crippen LogP contribution in [0.4, 0.5) is 0 Å². The van der Waals surface area contributed by atoms with Gasteiger partial charge < -0.3 is 8.98 Å². The molecule has 0 fully saturated rings. The van der Waals surface area contributed by atoms with Crippen LogP contribution >= 0.6 is 0 Å². The molecule has 0 aliphatic heterocycles. The van der Waals surface area contributed by atoms with Gasteiger partial charge in [0, 0.05) is 44.1 Å². The van der Waals surface area contributed by atoms with Gasteiger partial charge in [-0.15, -0.1) is 0 Å². The number of para-hydroxylation sites is 1. The number of hydrogen-bond donors (Lipinski definition) is 0. The van der Waals surface area contributed by atoms with Crippen LogP contribution < -0.4 is 0 Å². The van der Waals surface area contributed by atoms with Crippen LogP contribution in [0.1, 0.15) is 18.2 Å². The maximum atomic E-state index is 6.83. The van der Waals surface area contributed by atoms with Crippen LogP contribution in [0.5, 0.6) is 0 Å². The van der Waals surface area contributed by atoms with E-state index >= 15 is 0 Å². The lowest BCUT2D eigenvalue weighted by molar-refractivity contribution is 0.673. The molecule has 5 heteroatoms. The third-order valence-corrected chi connectivity index (χ3v) is 10.1. The molecule has 0 spiro atoms. The molecular formula is C48H32N4O. The molecule has 0 saturated carbocycles. The van der Waals surface area contributed by atoms with Gasteiger partial charge in [0.25, 0.3) is 0 Å². The van der Waals surface area contributed by atoms with Gasteiger partial charge in [0.1, 0.15) is 11.2 Å². The van der Waals surface area contributed by atoms with Crippen LogP contribution in [0, 0.1) is 0 Å². The number of benzene rings is 7. The summed E-state index contributed by atoms with van der Waals surface area (Å²) in [4.78, 5) is 15.0. The largest absolute Gasteiger partial charge is 0.455 e. The standard InChI is InChI=1S/C48H32N4O/c1-3-16-35-38-28-27-37-34-23-11-12-24-36(34)42-39-25-13-14-26-41(39)53-45(42)43(37)44(38)52(40(35)4-2)33-22-15-21-32(29-33)48-50-46(30-17-7-5-8-18-30)49-47(51-48)31-19-9-6-10-20-31/h3-29H,2H2,1H3/b16-3-. The first-order chi connectivity index (χ1) is 26.2. The van der Waals surface area contributed by atoms with E-state index in [0.717, 1.165) is 77.2 Å². The van der Waals surface area contributed by atoms with Crippen LogP contribution in [0.15, 0.2) is 163 Å². The molecule has 3 heterocycles. The van der Waals surface area contributed by atoms with E-state index in [0.29, 0.717) is 17.5 Å². The molecule has 250 valence electrons. The number of nitrogens with zero attached hydrogens (tertiary/aromatic N) is 4. The lowest BCUT2D eigenvalue weighted by atomic mass is 9.95. The molecule has 5 nitrogen and oxygen atoms in total. The van der Waals surface area contributed by atoms with E-state index in [1.165, 1.54) is 10.8 Å². The van der Waals surface area contributed by atoms with E-state index in [1.54, 1.807) is 0 Å². The smallest absolute Gasteiger partial charge is 0.164 e. The van der Waals surface area contributed by atoms with Crippen molar-refractivity contribution in [3.63, 3.8) is 0 Å². The number of allylic oxidation sites excluding steroid dienone is 1. The molecule has 53 heavy (non-hydrogen) atoms. The fraction of sp³-hybridized carbons (Fsp3) is 0.0208. The van der Waals surface area contributed by atoms with Gasteiger partial charge in [-0.2, -0.15) is 0 Å². The molecule has 7 aromatic carbocycles. The van der Waals surface area contributed by atoms with Crippen LogP contribution in [-0.4, -0.2) is 19.5 Å². The summed E-state index contributed by atoms with van der Waals surface area (Å²) >= 11 is 0. The van der Waals surface area contributed by atoms with Crippen LogP contribution in [0.2, 0.25) is 0 Å². The monoisotopic (exact) mass is 680 g/mol. The zero-order valence-electron chi connectivity index (χ0n) is 29.0. The lowest BCUT2D eigenvalue weighted by Crippen LogP contribution is -2.02. The highest BCUT2D eigenvalue weighted by molar-refractivity contribution is 6.34. The number of fused-ring (bicyclic) bond motifs is 10. The summed E-state index contributed by atoms with van der Waals surface area (Å²) in [5, 5.41) is 7.90. The molecule has 3 aromatic heterocycles. The number of hydrogen-bond acceptors (Lipinski definition) is 4. The van der Waals surface area contributed by atoms with Crippen molar-refractivity contribution in [1.82, 2.24) is 19.5 Å². The van der Waals surface area contributed by atoms with Crippen molar-refractivity contribution in [3.05, 3.63) is 170 Å². The van der Waals surface area contributed by atoms with E-state index in [4.69, 9.17) is 19.4 Å². The summed E-state index contributed by atoms with van der Waals surface area (Å²) in [6, 6.07) is 50.0. The zero-order valence-corrected chi connectivity index (χ0v) is 29.0. The number of rotatable bonds is 6. The average molecular weight is 681 g/mol. The van der Waals surface area contributed by atoms with E-state index in [-0.39, 0.29) is 0 Å². The van der Waals surface area contributed by atoms with E-state index in [9.17, 15) is 0 Å². The van der Waals surface area contributed by atoms with Gasteiger partial charge in [0.05, 0.1) is 16.6 Å². The van der Waals surface area contributed by atoms with E-state index < -0.39 is 0 Å². The van der Waals surface area contributed by atoms with Gasteiger partial charge in [-0.1, -0.05) is 146 Å². The molecule has 0 aliphatic rings. The summed E-state index contributed by atoms with van der Waals surface area (Å²) in [6.07, 6.45) is 6.21. The maximum Gasteiger partial charge on any atom is 0.164 e. The highest BCUT2D eigenvalue weighted by Gasteiger charge is 2.23. The molecule has 10 rings (SSSR count). The van der Waals surface area contributed by atoms with Crippen molar-refractivity contribution in [2.45, 2.75) is 6.92 Å². The van der Waals surface area contributed by atoms with Crippen molar-refractivity contribution in [2.75, 3.05) is 0 Å². The quantitative estimate of drug-likeness (QED) is 0.164. The van der Waals surface area contributed by atoms with Crippen molar-refractivity contribution in [2.24, 2.45) is 0 Å². The first kappa shape index (κ1) is 30.7. The van der Waals surface area contributed by atoms with Crippen LogP contribution in [0.3, 0.4) is 0 Å². The number of furan rings is 1. The summed E-state index contributed by atoms with van der Waals surface area (Å²) in [6.45, 7) is 6.40. The summed E-state index contributed by atoms with van der Waals surface area (Å²) in [5.41, 5.74) is 8.59. The Hall–Kier alpha value is -7.11. The fourth-order valence-corrected chi connectivity index (χ4v) is 7.83. The highest BCUT2D eigenvalue weighted by Crippen LogP contribution is 2.46. The maximum absolute atomic E-state index is 6.83. The Bertz CT molecular complexity index is 3020. The molecule has 0 radical (unpaired) electrons. The topological polar surface area (TPSA) is 56.7 Å². The summed E-state index contributed by atoms with van der Waals surface area (Å²) < 4.78 is 9.16. The normalized spacial score (nSPS) is 11.9. The Morgan fingerprint density at radius 1 is 0.547 bits per heavy atom. The molecule has 0 atom stereocenters. The van der Waals surface area contributed by atoms with Gasteiger partial charge in [-0.3, -0.25) is 0 Å². The van der Waals surface area contributed by atoms with Crippen molar-refractivity contribution < 1.29 is 4.42 Å². The average Bonchev–Trinajstić information content (AvgIpc) is 3.77. The molecule has 0 unspecified atom stereocenters. The van der Waals surface area contributed by atoms with Crippen molar-refractivity contribution >= 4 is 66.5 Å². The van der Waals surface area contributed by atoms with Crippen LogP contribution in [-0.2, 0) is 0 Å². The fourth-order valence-electron chi connectivity index (χ4n) is 7.83. The Balaban J connectivity index is 1.30. The minimum absolute atomic E-state index is 0.598. The van der Waals surface area contributed by atoms with Gasteiger partial charge in [-0.05, 0) is 47.4 Å². The Kier molecular flexibility index (Phi) is 7.12. The third-order valence-electron chi connectivity index (χ3n) is 10.1. The van der Waals surface area contributed by atoms with Gasteiger partial charge in [0.15, 0.2) is 17.5 Å². The third kappa shape index (κ3) is 4.82. The molecule has 0 amide bonds. The molecule has 0 aliphatic carbocycles. The molecule has 0 N–H and O–H groups in total.